The SMILES string of the molecule is Cc1cc(CNCCNC(=O)OC(C)(C)C)ccc1Br. The van der Waals surface area contributed by atoms with E-state index in [4.69, 9.17) is 4.74 Å². The summed E-state index contributed by atoms with van der Waals surface area (Å²) in [6, 6.07) is 6.26. The van der Waals surface area contributed by atoms with Gasteiger partial charge in [-0.15, -0.1) is 0 Å². The molecule has 5 heteroatoms. The van der Waals surface area contributed by atoms with Crippen LogP contribution >= 0.6 is 15.9 Å². The van der Waals surface area contributed by atoms with Crippen LogP contribution in [0.15, 0.2) is 22.7 Å². The predicted molar refractivity (Wildman–Crippen MR) is 84.8 cm³/mol. The minimum atomic E-state index is -0.452. The fourth-order valence-corrected chi connectivity index (χ4v) is 1.86. The Hall–Kier alpha value is -1.07. The normalized spacial score (nSPS) is 11.2. The predicted octanol–water partition coefficient (Wildman–Crippen LogP) is 3.37. The van der Waals surface area contributed by atoms with E-state index in [1.165, 1.54) is 11.1 Å². The van der Waals surface area contributed by atoms with Gasteiger partial charge in [0.1, 0.15) is 5.60 Å². The Morgan fingerprint density at radius 2 is 2.00 bits per heavy atom. The van der Waals surface area contributed by atoms with Gasteiger partial charge in [-0.3, -0.25) is 0 Å². The Morgan fingerprint density at radius 1 is 1.30 bits per heavy atom. The smallest absolute Gasteiger partial charge is 0.407 e. The summed E-state index contributed by atoms with van der Waals surface area (Å²) in [6.45, 7) is 9.64. The molecule has 2 N–H and O–H groups in total. The average molecular weight is 343 g/mol. The zero-order chi connectivity index (χ0) is 15.2. The molecule has 0 radical (unpaired) electrons. The molecule has 112 valence electrons. The summed E-state index contributed by atoms with van der Waals surface area (Å²) >= 11 is 3.48. The number of halogens is 1. The number of carbonyl (C=O) groups excluding carboxylic acids is 1. The van der Waals surface area contributed by atoms with Crippen LogP contribution in [0.5, 0.6) is 0 Å². The Balaban J connectivity index is 2.19. The molecule has 4 nitrogen and oxygen atoms in total. The fourth-order valence-electron chi connectivity index (χ4n) is 1.62. The molecule has 0 aliphatic rings. The minimum Gasteiger partial charge on any atom is -0.444 e. The lowest BCUT2D eigenvalue weighted by atomic mass is 10.1. The van der Waals surface area contributed by atoms with Gasteiger partial charge >= 0.3 is 6.09 Å². The summed E-state index contributed by atoms with van der Waals surface area (Å²) in [6.07, 6.45) is -0.376. The maximum atomic E-state index is 11.4. The number of alkyl carbamates (subject to hydrolysis) is 1. The van der Waals surface area contributed by atoms with Crippen LogP contribution in [0, 0.1) is 6.92 Å². The second kappa shape index (κ2) is 7.64. The van der Waals surface area contributed by atoms with Crippen molar-refractivity contribution >= 4 is 22.0 Å². The quantitative estimate of drug-likeness (QED) is 0.806. The molecule has 0 atom stereocenters. The summed E-state index contributed by atoms with van der Waals surface area (Å²) in [5, 5.41) is 6.00. The van der Waals surface area contributed by atoms with Crippen molar-refractivity contribution in [2.24, 2.45) is 0 Å². The Labute approximate surface area is 129 Å². The van der Waals surface area contributed by atoms with Crippen molar-refractivity contribution in [1.82, 2.24) is 10.6 Å². The number of nitrogens with one attached hydrogen (secondary N) is 2. The molecule has 0 aliphatic heterocycles. The van der Waals surface area contributed by atoms with E-state index in [1.807, 2.05) is 26.8 Å². The molecule has 0 fully saturated rings. The van der Waals surface area contributed by atoms with Gasteiger partial charge in [-0.1, -0.05) is 28.1 Å². The average Bonchev–Trinajstić information content (AvgIpc) is 2.31. The highest BCUT2D eigenvalue weighted by Crippen LogP contribution is 2.16. The molecule has 0 spiro atoms. The van der Waals surface area contributed by atoms with Crippen LogP contribution in [0.1, 0.15) is 31.9 Å². The molecular weight excluding hydrogens is 320 g/mol. The number of hydrogen-bond donors (Lipinski definition) is 2. The van der Waals surface area contributed by atoms with Gasteiger partial charge in [0.15, 0.2) is 0 Å². The third-order valence-electron chi connectivity index (χ3n) is 2.52. The molecule has 1 aromatic carbocycles. The summed E-state index contributed by atoms with van der Waals surface area (Å²) in [5.41, 5.74) is 1.99. The molecular formula is C15H23BrN2O2. The van der Waals surface area contributed by atoms with E-state index < -0.39 is 5.60 Å². The number of carbonyl (C=O) groups is 1. The zero-order valence-electron chi connectivity index (χ0n) is 12.5. The molecule has 0 aromatic heterocycles. The van der Waals surface area contributed by atoms with Crippen LogP contribution in [-0.2, 0) is 11.3 Å². The summed E-state index contributed by atoms with van der Waals surface area (Å²) in [5.74, 6) is 0. The van der Waals surface area contributed by atoms with Crippen LogP contribution in [-0.4, -0.2) is 24.8 Å². The highest BCUT2D eigenvalue weighted by molar-refractivity contribution is 9.10. The van der Waals surface area contributed by atoms with E-state index in [9.17, 15) is 4.79 Å². The van der Waals surface area contributed by atoms with Gasteiger partial charge in [-0.2, -0.15) is 0 Å². The number of amides is 1. The molecule has 0 unspecified atom stereocenters. The van der Waals surface area contributed by atoms with Gasteiger partial charge in [0.2, 0.25) is 0 Å². The monoisotopic (exact) mass is 342 g/mol. The Kier molecular flexibility index (Phi) is 6.49. The van der Waals surface area contributed by atoms with Crippen molar-refractivity contribution in [3.63, 3.8) is 0 Å². The van der Waals surface area contributed by atoms with E-state index in [0.717, 1.165) is 11.0 Å². The first-order valence-corrected chi connectivity index (χ1v) is 7.50. The second-order valence-electron chi connectivity index (χ2n) is 5.69. The van der Waals surface area contributed by atoms with Crippen molar-refractivity contribution in [3.05, 3.63) is 33.8 Å². The van der Waals surface area contributed by atoms with Gasteiger partial charge in [0.05, 0.1) is 0 Å². The first kappa shape index (κ1) is 17.0. The minimum absolute atomic E-state index is 0.376. The topological polar surface area (TPSA) is 50.4 Å². The summed E-state index contributed by atoms with van der Waals surface area (Å²) < 4.78 is 6.27. The molecule has 1 amide bonds. The van der Waals surface area contributed by atoms with E-state index in [0.29, 0.717) is 13.1 Å². The van der Waals surface area contributed by atoms with E-state index >= 15 is 0 Å². The highest BCUT2D eigenvalue weighted by Gasteiger charge is 2.15. The van der Waals surface area contributed by atoms with Crippen molar-refractivity contribution in [2.45, 2.75) is 39.8 Å². The van der Waals surface area contributed by atoms with Gasteiger partial charge in [0, 0.05) is 24.1 Å². The van der Waals surface area contributed by atoms with Crippen LogP contribution < -0.4 is 10.6 Å². The Bertz CT molecular complexity index is 456. The number of hydrogen-bond acceptors (Lipinski definition) is 3. The first-order valence-electron chi connectivity index (χ1n) is 6.70. The number of ether oxygens (including phenoxy) is 1. The molecule has 0 bridgehead atoms. The molecule has 1 rings (SSSR count). The van der Waals surface area contributed by atoms with Gasteiger partial charge in [-0.05, 0) is 44.9 Å². The van der Waals surface area contributed by atoms with Gasteiger partial charge in [0.25, 0.3) is 0 Å². The third kappa shape index (κ3) is 6.91. The lowest BCUT2D eigenvalue weighted by molar-refractivity contribution is 0.0528. The zero-order valence-corrected chi connectivity index (χ0v) is 14.1. The molecule has 0 heterocycles. The lowest BCUT2D eigenvalue weighted by Gasteiger charge is -2.19. The largest absolute Gasteiger partial charge is 0.444 e. The molecule has 0 saturated heterocycles. The second-order valence-corrected chi connectivity index (χ2v) is 6.54. The van der Waals surface area contributed by atoms with Crippen molar-refractivity contribution in [1.29, 1.82) is 0 Å². The number of aryl methyl sites for hydroxylation is 1. The van der Waals surface area contributed by atoms with E-state index in [-0.39, 0.29) is 6.09 Å². The Morgan fingerprint density at radius 3 is 2.60 bits per heavy atom. The molecule has 0 aliphatic carbocycles. The number of benzene rings is 1. The first-order chi connectivity index (χ1) is 9.28. The molecule has 20 heavy (non-hydrogen) atoms. The summed E-state index contributed by atoms with van der Waals surface area (Å²) in [4.78, 5) is 11.4. The van der Waals surface area contributed by atoms with Crippen molar-refractivity contribution in [2.75, 3.05) is 13.1 Å². The highest BCUT2D eigenvalue weighted by atomic mass is 79.9. The molecule has 0 saturated carbocycles. The third-order valence-corrected chi connectivity index (χ3v) is 3.41. The molecule has 1 aromatic rings. The van der Waals surface area contributed by atoms with Gasteiger partial charge in [-0.25, -0.2) is 4.79 Å². The van der Waals surface area contributed by atoms with Gasteiger partial charge < -0.3 is 15.4 Å². The van der Waals surface area contributed by atoms with Crippen LogP contribution in [0.4, 0.5) is 4.79 Å². The lowest BCUT2D eigenvalue weighted by Crippen LogP contribution is -2.36. The van der Waals surface area contributed by atoms with Crippen LogP contribution in [0.2, 0.25) is 0 Å². The number of rotatable bonds is 5. The van der Waals surface area contributed by atoms with Crippen molar-refractivity contribution in [3.8, 4) is 0 Å². The van der Waals surface area contributed by atoms with E-state index in [2.05, 4.69) is 45.6 Å². The fraction of sp³-hybridized carbons (Fsp3) is 0.533. The van der Waals surface area contributed by atoms with E-state index in [1.54, 1.807) is 0 Å². The maximum absolute atomic E-state index is 11.4. The van der Waals surface area contributed by atoms with Crippen LogP contribution in [0.3, 0.4) is 0 Å². The van der Waals surface area contributed by atoms with Crippen molar-refractivity contribution < 1.29 is 9.53 Å². The maximum Gasteiger partial charge on any atom is 0.407 e. The standard InChI is InChI=1S/C15H23BrN2O2/c1-11-9-12(5-6-13(11)16)10-17-7-8-18-14(19)20-15(2,3)4/h5-6,9,17H,7-8,10H2,1-4H3,(H,18,19). The summed E-state index contributed by atoms with van der Waals surface area (Å²) in [7, 11) is 0. The van der Waals surface area contributed by atoms with Crippen LogP contribution in [0.25, 0.3) is 0 Å².